The first-order valence-electron chi connectivity index (χ1n) is 6.01. The van der Waals surface area contributed by atoms with E-state index in [4.69, 9.17) is 23.1 Å². The standard InChI is InChI=1S/C7H15NO14S3/c1-19-5-3(2-20-24(13,14)15)21-7(9)4(8-23(10,11)12)6(5)22-25(16,17)18/h3-9H,2H2,1H3,(H,10,11,12)(H,13,14,15)(H,16,17,18)/t3-,4-,5-,6-,7+/m1/s1. The maximum atomic E-state index is 11.0. The highest BCUT2D eigenvalue weighted by Crippen LogP contribution is 2.26. The zero-order chi connectivity index (χ0) is 19.6. The molecular formula is C7H15NO14S3. The first-order valence-corrected chi connectivity index (χ1v) is 10.2. The number of nitrogens with one attached hydrogen (secondary N) is 1. The van der Waals surface area contributed by atoms with E-state index < -0.39 is 68.4 Å². The first kappa shape index (κ1) is 22.5. The molecule has 25 heavy (non-hydrogen) atoms. The minimum atomic E-state index is -5.22. The van der Waals surface area contributed by atoms with Crippen molar-refractivity contribution in [3.05, 3.63) is 0 Å². The van der Waals surface area contributed by atoms with Crippen LogP contribution in [-0.4, -0.2) is 88.4 Å². The molecule has 150 valence electrons. The number of methoxy groups -OCH3 is 1. The van der Waals surface area contributed by atoms with E-state index in [-0.39, 0.29) is 0 Å². The average Bonchev–Trinajstić information content (AvgIpc) is 2.37. The van der Waals surface area contributed by atoms with Gasteiger partial charge in [-0.3, -0.25) is 13.7 Å². The summed E-state index contributed by atoms with van der Waals surface area (Å²) < 4.78 is 110. The van der Waals surface area contributed by atoms with Gasteiger partial charge in [0.1, 0.15) is 24.4 Å². The van der Waals surface area contributed by atoms with Gasteiger partial charge in [0.25, 0.3) is 0 Å². The lowest BCUT2D eigenvalue weighted by atomic mass is 9.98. The van der Waals surface area contributed by atoms with Crippen molar-refractivity contribution in [2.75, 3.05) is 13.7 Å². The van der Waals surface area contributed by atoms with Gasteiger partial charge in [-0.1, -0.05) is 0 Å². The van der Waals surface area contributed by atoms with E-state index >= 15 is 0 Å². The van der Waals surface area contributed by atoms with Gasteiger partial charge >= 0.3 is 31.1 Å². The predicted molar refractivity (Wildman–Crippen MR) is 74.1 cm³/mol. The van der Waals surface area contributed by atoms with E-state index in [1.165, 1.54) is 4.72 Å². The Balaban J connectivity index is 3.18. The van der Waals surface area contributed by atoms with Gasteiger partial charge in [-0.25, -0.2) is 8.37 Å². The van der Waals surface area contributed by atoms with E-state index in [1.807, 2.05) is 0 Å². The third-order valence-electron chi connectivity index (χ3n) is 2.84. The van der Waals surface area contributed by atoms with Gasteiger partial charge in [-0.15, -0.1) is 0 Å². The predicted octanol–water partition coefficient (Wildman–Crippen LogP) is -3.51. The highest BCUT2D eigenvalue weighted by Gasteiger charge is 2.50. The second-order valence-electron chi connectivity index (χ2n) is 4.58. The Hall–Kier alpha value is -0.510. The van der Waals surface area contributed by atoms with Crippen molar-refractivity contribution >= 4 is 31.1 Å². The third-order valence-corrected chi connectivity index (χ3v) is 4.31. The number of aliphatic hydroxyl groups excluding tert-OH is 1. The number of aliphatic hydroxyl groups is 1. The second-order valence-corrected chi connectivity index (χ2v) is 7.91. The van der Waals surface area contributed by atoms with Crippen LogP contribution >= 0.6 is 0 Å². The summed E-state index contributed by atoms with van der Waals surface area (Å²) in [4.78, 5) is 0. The van der Waals surface area contributed by atoms with Crippen molar-refractivity contribution in [1.82, 2.24) is 4.72 Å². The maximum Gasteiger partial charge on any atom is 0.397 e. The van der Waals surface area contributed by atoms with Crippen molar-refractivity contribution in [3.8, 4) is 0 Å². The molecule has 0 aliphatic carbocycles. The summed E-state index contributed by atoms with van der Waals surface area (Å²) in [5.41, 5.74) is 0. The Morgan fingerprint density at radius 2 is 1.56 bits per heavy atom. The molecule has 5 atom stereocenters. The average molecular weight is 433 g/mol. The van der Waals surface area contributed by atoms with Crippen LogP contribution in [0, 0.1) is 0 Å². The van der Waals surface area contributed by atoms with Crippen LogP contribution < -0.4 is 4.72 Å². The molecule has 0 saturated carbocycles. The molecule has 0 amide bonds. The normalized spacial score (nSPS) is 31.8. The molecule has 1 heterocycles. The maximum absolute atomic E-state index is 11.0. The second kappa shape index (κ2) is 8.02. The van der Waals surface area contributed by atoms with E-state index in [0.717, 1.165) is 7.11 Å². The van der Waals surface area contributed by atoms with Crippen LogP contribution in [0.5, 0.6) is 0 Å². The molecule has 5 N–H and O–H groups in total. The summed E-state index contributed by atoms with van der Waals surface area (Å²) in [6.07, 6.45) is -7.48. The van der Waals surface area contributed by atoms with Gasteiger partial charge in [-0.05, 0) is 0 Å². The third kappa shape index (κ3) is 7.72. The van der Waals surface area contributed by atoms with Crippen molar-refractivity contribution < 1.29 is 61.9 Å². The van der Waals surface area contributed by atoms with Crippen LogP contribution in [0.25, 0.3) is 0 Å². The molecule has 0 bridgehead atoms. The smallest absolute Gasteiger partial charge is 0.376 e. The summed E-state index contributed by atoms with van der Waals surface area (Å²) in [6.45, 7) is -1.00. The molecule has 1 aliphatic rings. The summed E-state index contributed by atoms with van der Waals surface area (Å²) in [6, 6.07) is -2.00. The van der Waals surface area contributed by atoms with Gasteiger partial charge in [0.2, 0.25) is 0 Å². The molecule has 1 fully saturated rings. The Kier molecular flexibility index (Phi) is 7.23. The summed E-state index contributed by atoms with van der Waals surface area (Å²) in [5.74, 6) is 0. The minimum Gasteiger partial charge on any atom is -0.376 e. The molecule has 1 saturated heterocycles. The van der Waals surface area contributed by atoms with Gasteiger partial charge in [0, 0.05) is 7.11 Å². The molecule has 0 aromatic heterocycles. The Labute approximate surface area is 142 Å². The fourth-order valence-corrected chi connectivity index (χ4v) is 3.46. The zero-order valence-electron chi connectivity index (χ0n) is 12.2. The topological polar surface area (TPSA) is 232 Å². The molecule has 0 aromatic carbocycles. The molecule has 0 spiro atoms. The van der Waals surface area contributed by atoms with Gasteiger partial charge in [0.15, 0.2) is 6.29 Å². The monoisotopic (exact) mass is 433 g/mol. The Morgan fingerprint density at radius 3 is 1.96 bits per heavy atom. The van der Waals surface area contributed by atoms with Crippen molar-refractivity contribution in [2.45, 2.75) is 30.6 Å². The lowest BCUT2D eigenvalue weighted by Gasteiger charge is -2.42. The fourth-order valence-electron chi connectivity index (χ4n) is 2.04. The Morgan fingerprint density at radius 1 is 1.00 bits per heavy atom. The van der Waals surface area contributed by atoms with Crippen LogP contribution in [0.4, 0.5) is 0 Å². The summed E-state index contributed by atoms with van der Waals surface area (Å²) >= 11 is 0. The zero-order valence-corrected chi connectivity index (χ0v) is 14.6. The quantitative estimate of drug-likeness (QED) is 0.234. The van der Waals surface area contributed by atoms with Crippen LogP contribution in [0.15, 0.2) is 0 Å². The van der Waals surface area contributed by atoms with Crippen molar-refractivity contribution in [2.24, 2.45) is 0 Å². The molecule has 1 rings (SSSR count). The van der Waals surface area contributed by atoms with Crippen LogP contribution in [0.2, 0.25) is 0 Å². The van der Waals surface area contributed by atoms with Crippen molar-refractivity contribution in [1.29, 1.82) is 0 Å². The molecule has 0 aromatic rings. The summed E-state index contributed by atoms with van der Waals surface area (Å²) in [7, 11) is -14.2. The number of ether oxygens (including phenoxy) is 2. The molecule has 1 aliphatic heterocycles. The molecular weight excluding hydrogens is 418 g/mol. The van der Waals surface area contributed by atoms with E-state index in [1.54, 1.807) is 0 Å². The molecule has 18 heteroatoms. The van der Waals surface area contributed by atoms with Crippen LogP contribution in [0.1, 0.15) is 0 Å². The molecule has 15 nitrogen and oxygen atoms in total. The lowest BCUT2D eigenvalue weighted by Crippen LogP contribution is -2.65. The number of hydrogen-bond donors (Lipinski definition) is 5. The molecule has 0 radical (unpaired) electrons. The Bertz CT molecular complexity index is 758. The SMILES string of the molecule is CO[C@H]1[C@H](OS(=O)(=O)O)[C@@H](NS(=O)(=O)O)[C@@H](O)O[C@@H]1COS(=O)(=O)O. The van der Waals surface area contributed by atoms with Crippen LogP contribution in [0.3, 0.4) is 0 Å². The minimum absolute atomic E-state index is 0.942. The number of rotatable bonds is 8. The summed E-state index contributed by atoms with van der Waals surface area (Å²) in [5, 5.41) is 9.77. The largest absolute Gasteiger partial charge is 0.397 e. The van der Waals surface area contributed by atoms with Gasteiger partial charge < -0.3 is 14.6 Å². The highest BCUT2D eigenvalue weighted by atomic mass is 32.3. The van der Waals surface area contributed by atoms with Crippen molar-refractivity contribution in [3.63, 3.8) is 0 Å². The van der Waals surface area contributed by atoms with E-state index in [2.05, 4.69) is 8.37 Å². The van der Waals surface area contributed by atoms with Crippen LogP contribution in [-0.2, 0) is 48.9 Å². The highest BCUT2D eigenvalue weighted by molar-refractivity contribution is 7.83. The van der Waals surface area contributed by atoms with Gasteiger partial charge in [0.05, 0.1) is 6.61 Å². The van der Waals surface area contributed by atoms with E-state index in [9.17, 15) is 30.4 Å². The number of hydrogen-bond acceptors (Lipinski definition) is 11. The van der Waals surface area contributed by atoms with Gasteiger partial charge in [-0.2, -0.15) is 30.0 Å². The first-order chi connectivity index (χ1) is 11.1. The fraction of sp³-hybridized carbons (Fsp3) is 1.00. The molecule has 0 unspecified atom stereocenters. The van der Waals surface area contributed by atoms with E-state index in [0.29, 0.717) is 0 Å². The lowest BCUT2D eigenvalue weighted by molar-refractivity contribution is -0.250.